The maximum absolute atomic E-state index is 6.15. The Balaban J connectivity index is 1.58. The van der Waals surface area contributed by atoms with Crippen LogP contribution in [0.25, 0.3) is 0 Å². The van der Waals surface area contributed by atoms with Crippen molar-refractivity contribution in [3.8, 4) is 5.75 Å². The van der Waals surface area contributed by atoms with Gasteiger partial charge in [-0.1, -0.05) is 11.6 Å². The molecule has 22 heavy (non-hydrogen) atoms. The summed E-state index contributed by atoms with van der Waals surface area (Å²) in [4.78, 5) is 4.81. The predicted molar refractivity (Wildman–Crippen MR) is 91.2 cm³/mol. The third-order valence-electron chi connectivity index (χ3n) is 4.05. The molecule has 1 aromatic rings. The molecular formula is C17H27ClN2O2. The zero-order valence-corrected chi connectivity index (χ0v) is 14.7. The summed E-state index contributed by atoms with van der Waals surface area (Å²) in [5.74, 6) is 0.863. The van der Waals surface area contributed by atoms with E-state index in [4.69, 9.17) is 21.1 Å². The van der Waals surface area contributed by atoms with Gasteiger partial charge in [-0.15, -0.1) is 0 Å². The molecule has 0 spiro atoms. The highest BCUT2D eigenvalue weighted by Gasteiger charge is 2.12. The van der Waals surface area contributed by atoms with E-state index >= 15 is 0 Å². The highest BCUT2D eigenvalue weighted by molar-refractivity contribution is 6.32. The molecule has 0 radical (unpaired) electrons. The molecule has 0 aliphatic carbocycles. The number of hydrogen-bond donors (Lipinski definition) is 0. The van der Waals surface area contributed by atoms with E-state index in [1.54, 1.807) is 0 Å². The minimum absolute atomic E-state index is 0.573. The van der Waals surface area contributed by atoms with E-state index in [2.05, 4.69) is 16.8 Å². The smallest absolute Gasteiger partial charge is 0.120 e. The molecule has 1 aliphatic heterocycles. The van der Waals surface area contributed by atoms with Gasteiger partial charge in [0.25, 0.3) is 0 Å². The minimum Gasteiger partial charge on any atom is -0.491 e. The van der Waals surface area contributed by atoms with E-state index in [0.29, 0.717) is 13.2 Å². The van der Waals surface area contributed by atoms with E-state index < -0.39 is 0 Å². The summed E-state index contributed by atoms with van der Waals surface area (Å²) in [6, 6.07) is 3.94. The van der Waals surface area contributed by atoms with Crippen molar-refractivity contribution >= 4 is 11.6 Å². The lowest BCUT2D eigenvalue weighted by Gasteiger charge is -2.32. The monoisotopic (exact) mass is 326 g/mol. The molecule has 0 N–H and O–H groups in total. The summed E-state index contributed by atoms with van der Waals surface area (Å²) < 4.78 is 11.4. The molecule has 0 atom stereocenters. The summed E-state index contributed by atoms with van der Waals surface area (Å²) in [7, 11) is 2.17. The fraction of sp³-hybridized carbons (Fsp3) is 0.647. The van der Waals surface area contributed by atoms with Crippen LogP contribution in [0, 0.1) is 13.8 Å². The summed E-state index contributed by atoms with van der Waals surface area (Å²) in [6.07, 6.45) is 0. The molecule has 5 heteroatoms. The van der Waals surface area contributed by atoms with Crippen molar-refractivity contribution in [2.24, 2.45) is 0 Å². The summed E-state index contributed by atoms with van der Waals surface area (Å²) in [6.45, 7) is 11.5. The van der Waals surface area contributed by atoms with Crippen LogP contribution in [0.3, 0.4) is 0 Å². The lowest BCUT2D eigenvalue weighted by molar-refractivity contribution is 0.0658. The van der Waals surface area contributed by atoms with Crippen LogP contribution in [-0.2, 0) is 4.74 Å². The Kier molecular flexibility index (Phi) is 6.96. The van der Waals surface area contributed by atoms with Gasteiger partial charge in [0.1, 0.15) is 12.4 Å². The molecule has 1 heterocycles. The van der Waals surface area contributed by atoms with Gasteiger partial charge >= 0.3 is 0 Å². The van der Waals surface area contributed by atoms with Crippen LogP contribution in [0.15, 0.2) is 12.1 Å². The number of aryl methyl sites for hydroxylation is 2. The first-order valence-corrected chi connectivity index (χ1v) is 8.32. The van der Waals surface area contributed by atoms with Crippen LogP contribution in [0.5, 0.6) is 5.75 Å². The average Bonchev–Trinajstić information content (AvgIpc) is 2.50. The van der Waals surface area contributed by atoms with E-state index in [9.17, 15) is 0 Å². The fourth-order valence-electron chi connectivity index (χ4n) is 2.58. The summed E-state index contributed by atoms with van der Waals surface area (Å²) in [5.41, 5.74) is 2.10. The molecular weight excluding hydrogens is 300 g/mol. The Morgan fingerprint density at radius 1 is 1.00 bits per heavy atom. The molecule has 0 amide bonds. The molecule has 1 saturated heterocycles. The molecule has 1 aromatic carbocycles. The molecule has 124 valence electrons. The Morgan fingerprint density at radius 3 is 2.27 bits per heavy atom. The van der Waals surface area contributed by atoms with Crippen LogP contribution in [0.4, 0.5) is 0 Å². The van der Waals surface area contributed by atoms with Crippen molar-refractivity contribution in [3.05, 3.63) is 28.3 Å². The molecule has 0 aromatic heterocycles. The number of ether oxygens (including phenoxy) is 2. The summed E-state index contributed by atoms with van der Waals surface area (Å²) in [5, 5.41) is 0.816. The highest BCUT2D eigenvalue weighted by Crippen LogP contribution is 2.25. The van der Waals surface area contributed by atoms with Crippen LogP contribution >= 0.6 is 11.6 Å². The van der Waals surface area contributed by atoms with E-state index in [-0.39, 0.29) is 0 Å². The van der Waals surface area contributed by atoms with Gasteiger partial charge in [0.2, 0.25) is 0 Å². The van der Waals surface area contributed by atoms with Crippen molar-refractivity contribution in [1.82, 2.24) is 9.80 Å². The molecule has 2 rings (SSSR count). The second kappa shape index (κ2) is 8.73. The fourth-order valence-corrected chi connectivity index (χ4v) is 2.68. The largest absolute Gasteiger partial charge is 0.491 e. The number of rotatable bonds is 7. The number of likely N-dealkylation sites (N-methyl/N-ethyl adjacent to an activating group) is 1. The van der Waals surface area contributed by atoms with Gasteiger partial charge in [0.15, 0.2) is 0 Å². The maximum Gasteiger partial charge on any atom is 0.120 e. The lowest BCUT2D eigenvalue weighted by atomic mass is 10.1. The zero-order valence-electron chi connectivity index (χ0n) is 13.9. The van der Waals surface area contributed by atoms with E-state index in [0.717, 1.165) is 61.2 Å². The normalized spacial score (nSPS) is 16.9. The van der Waals surface area contributed by atoms with Crippen molar-refractivity contribution < 1.29 is 9.47 Å². The van der Waals surface area contributed by atoms with E-state index in [1.807, 2.05) is 26.0 Å². The maximum atomic E-state index is 6.15. The van der Waals surface area contributed by atoms with Crippen LogP contribution in [-0.4, -0.2) is 69.4 Å². The zero-order chi connectivity index (χ0) is 15.9. The van der Waals surface area contributed by atoms with E-state index in [1.165, 1.54) is 0 Å². The third-order valence-corrected chi connectivity index (χ3v) is 4.65. The molecule has 1 fully saturated rings. The minimum atomic E-state index is 0.573. The highest BCUT2D eigenvalue weighted by atomic mass is 35.5. The SMILES string of the molecule is Cc1cc(OCCOCCN2CCN(C)CC2)cc(C)c1Cl. The van der Waals surface area contributed by atoms with Gasteiger partial charge in [-0.2, -0.15) is 0 Å². The second-order valence-corrected chi connectivity index (χ2v) is 6.35. The number of hydrogen-bond acceptors (Lipinski definition) is 4. The molecule has 1 aliphatic rings. The Labute approximate surface area is 138 Å². The van der Waals surface area contributed by atoms with Crippen molar-refractivity contribution in [2.75, 3.05) is 59.6 Å². The first kappa shape index (κ1) is 17.5. The number of piperazine rings is 1. The van der Waals surface area contributed by atoms with Gasteiger partial charge in [0.05, 0.1) is 13.2 Å². The second-order valence-electron chi connectivity index (χ2n) is 5.98. The number of nitrogens with zero attached hydrogens (tertiary/aromatic N) is 2. The number of benzene rings is 1. The van der Waals surface area contributed by atoms with Crippen LogP contribution < -0.4 is 4.74 Å². The predicted octanol–water partition coefficient (Wildman–Crippen LogP) is 2.60. The molecule has 4 nitrogen and oxygen atoms in total. The van der Waals surface area contributed by atoms with Gasteiger partial charge in [-0.05, 0) is 44.2 Å². The lowest BCUT2D eigenvalue weighted by Crippen LogP contribution is -2.45. The Morgan fingerprint density at radius 2 is 1.64 bits per heavy atom. The Hall–Kier alpha value is -0.810. The van der Waals surface area contributed by atoms with Crippen molar-refractivity contribution in [3.63, 3.8) is 0 Å². The topological polar surface area (TPSA) is 24.9 Å². The first-order valence-electron chi connectivity index (χ1n) is 7.94. The number of halogens is 1. The Bertz CT molecular complexity index is 451. The third kappa shape index (κ3) is 5.43. The van der Waals surface area contributed by atoms with Crippen molar-refractivity contribution in [1.29, 1.82) is 0 Å². The average molecular weight is 327 g/mol. The molecule has 0 saturated carbocycles. The standard InChI is InChI=1S/C17H27ClN2O2/c1-14-12-16(13-15(2)17(14)18)22-11-10-21-9-8-20-6-4-19(3)5-7-20/h12-13H,4-11H2,1-3H3. The van der Waals surface area contributed by atoms with Gasteiger partial charge in [-0.25, -0.2) is 0 Å². The van der Waals surface area contributed by atoms with Gasteiger partial charge in [-0.3, -0.25) is 4.90 Å². The van der Waals surface area contributed by atoms with Crippen molar-refractivity contribution in [2.45, 2.75) is 13.8 Å². The van der Waals surface area contributed by atoms with Gasteiger partial charge in [0, 0.05) is 37.7 Å². The summed E-state index contributed by atoms with van der Waals surface area (Å²) >= 11 is 6.15. The molecule has 0 unspecified atom stereocenters. The first-order chi connectivity index (χ1) is 10.6. The van der Waals surface area contributed by atoms with Crippen LogP contribution in [0.1, 0.15) is 11.1 Å². The quantitative estimate of drug-likeness (QED) is 0.719. The van der Waals surface area contributed by atoms with Gasteiger partial charge < -0.3 is 14.4 Å². The molecule has 0 bridgehead atoms. The van der Waals surface area contributed by atoms with Crippen LogP contribution in [0.2, 0.25) is 5.02 Å².